The Balaban J connectivity index is 1.43. The van der Waals surface area contributed by atoms with E-state index >= 15 is 0 Å². The number of hydrogen-bond acceptors (Lipinski definition) is 5. The van der Waals surface area contributed by atoms with Gasteiger partial charge in [-0.25, -0.2) is 0 Å². The van der Waals surface area contributed by atoms with Gasteiger partial charge in [0.05, 0.1) is 24.9 Å². The Labute approximate surface area is 205 Å². The predicted octanol–water partition coefficient (Wildman–Crippen LogP) is 4.33. The maximum Gasteiger partial charge on any atom is 0.262 e. The van der Waals surface area contributed by atoms with Crippen molar-refractivity contribution in [2.24, 2.45) is 0 Å². The molecule has 1 N–H and O–H groups in total. The van der Waals surface area contributed by atoms with Gasteiger partial charge in [-0.15, -0.1) is 0 Å². The van der Waals surface area contributed by atoms with Crippen LogP contribution in [0.25, 0.3) is 10.9 Å². The quantitative estimate of drug-likeness (QED) is 0.494. The number of likely N-dealkylation sites (tertiary alicyclic amines) is 1. The van der Waals surface area contributed by atoms with Crippen LogP contribution in [0, 0.1) is 0 Å². The molecule has 35 heavy (non-hydrogen) atoms. The van der Waals surface area contributed by atoms with Crippen molar-refractivity contribution >= 4 is 28.4 Å². The van der Waals surface area contributed by atoms with E-state index in [0.29, 0.717) is 29.4 Å². The molecule has 1 aliphatic rings. The minimum Gasteiger partial charge on any atom is -0.495 e. The lowest BCUT2D eigenvalue weighted by atomic mass is 10.1. The number of nitrogens with one attached hydrogen (secondary N) is 1. The van der Waals surface area contributed by atoms with Crippen LogP contribution < -0.4 is 14.8 Å². The number of carbonyl (C=O) groups is 2. The number of nitrogens with zero attached hydrogens (tertiary/aromatic N) is 2. The average Bonchev–Trinajstić information content (AvgIpc) is 3.10. The van der Waals surface area contributed by atoms with Crippen LogP contribution >= 0.6 is 0 Å². The molecule has 3 aromatic rings. The van der Waals surface area contributed by atoms with Crippen molar-refractivity contribution in [3.8, 4) is 11.5 Å². The molecule has 0 atom stereocenters. The lowest BCUT2D eigenvalue weighted by Gasteiger charge is -2.21. The van der Waals surface area contributed by atoms with Crippen LogP contribution in [0.2, 0.25) is 0 Å². The van der Waals surface area contributed by atoms with Gasteiger partial charge in [0.2, 0.25) is 0 Å². The van der Waals surface area contributed by atoms with E-state index in [-0.39, 0.29) is 18.4 Å². The largest absolute Gasteiger partial charge is 0.495 e. The first kappa shape index (κ1) is 24.6. The summed E-state index contributed by atoms with van der Waals surface area (Å²) in [5.41, 5.74) is 2.00. The van der Waals surface area contributed by atoms with Crippen molar-refractivity contribution in [2.45, 2.75) is 32.2 Å². The van der Waals surface area contributed by atoms with Crippen molar-refractivity contribution in [3.05, 3.63) is 54.2 Å². The molecule has 2 heterocycles. The number of ether oxygens (including phenoxy) is 3. The fourth-order valence-corrected chi connectivity index (χ4v) is 4.43. The third-order valence-electron chi connectivity index (χ3n) is 6.28. The summed E-state index contributed by atoms with van der Waals surface area (Å²) in [5.74, 6) is 0.762. The predicted molar refractivity (Wildman–Crippen MR) is 135 cm³/mol. The molecule has 1 saturated heterocycles. The van der Waals surface area contributed by atoms with Crippen LogP contribution in [0.5, 0.6) is 11.5 Å². The summed E-state index contributed by atoms with van der Waals surface area (Å²) in [6, 6.07) is 12.9. The summed E-state index contributed by atoms with van der Waals surface area (Å²) in [7, 11) is 3.21. The van der Waals surface area contributed by atoms with Crippen molar-refractivity contribution in [1.82, 2.24) is 9.47 Å². The number of amides is 2. The normalized spacial score (nSPS) is 13.9. The fourth-order valence-electron chi connectivity index (χ4n) is 4.43. The van der Waals surface area contributed by atoms with Crippen LogP contribution in [0.4, 0.5) is 5.69 Å². The molecule has 8 heteroatoms. The Morgan fingerprint density at radius 2 is 1.77 bits per heavy atom. The van der Waals surface area contributed by atoms with Gasteiger partial charge in [-0.05, 0) is 49.2 Å². The highest BCUT2D eigenvalue weighted by molar-refractivity contribution is 5.99. The Kier molecular flexibility index (Phi) is 8.26. The molecule has 2 aromatic carbocycles. The summed E-state index contributed by atoms with van der Waals surface area (Å²) < 4.78 is 18.5. The molecule has 1 fully saturated rings. The second-order valence-corrected chi connectivity index (χ2v) is 8.65. The molecule has 8 nitrogen and oxygen atoms in total. The minimum atomic E-state index is -0.335. The average molecular weight is 480 g/mol. The number of methoxy groups -OCH3 is 2. The number of anilines is 1. The van der Waals surface area contributed by atoms with E-state index in [4.69, 9.17) is 14.2 Å². The highest BCUT2D eigenvalue weighted by Gasteiger charge is 2.19. The maximum atomic E-state index is 13.0. The first-order chi connectivity index (χ1) is 17.1. The van der Waals surface area contributed by atoms with Gasteiger partial charge in [-0.2, -0.15) is 0 Å². The molecule has 2 amide bonds. The Morgan fingerprint density at radius 1 is 0.971 bits per heavy atom. The number of rotatable bonds is 9. The van der Waals surface area contributed by atoms with Gasteiger partial charge in [0.25, 0.3) is 11.8 Å². The number of hydrogen-bond donors (Lipinski definition) is 1. The van der Waals surface area contributed by atoms with Crippen molar-refractivity contribution in [3.63, 3.8) is 0 Å². The third kappa shape index (κ3) is 5.95. The lowest BCUT2D eigenvalue weighted by Crippen LogP contribution is -2.32. The molecule has 0 saturated carbocycles. The van der Waals surface area contributed by atoms with E-state index in [1.54, 1.807) is 25.3 Å². The maximum absolute atomic E-state index is 13.0. The van der Waals surface area contributed by atoms with Crippen LogP contribution in [0.15, 0.2) is 48.7 Å². The molecular weight excluding hydrogens is 446 g/mol. The summed E-state index contributed by atoms with van der Waals surface area (Å²) in [4.78, 5) is 27.7. The van der Waals surface area contributed by atoms with E-state index in [1.807, 2.05) is 35.4 Å². The van der Waals surface area contributed by atoms with Gasteiger partial charge < -0.3 is 29.0 Å². The number of carbonyl (C=O) groups excluding carboxylic acids is 2. The Bertz CT molecular complexity index is 1160. The zero-order valence-corrected chi connectivity index (χ0v) is 20.4. The summed E-state index contributed by atoms with van der Waals surface area (Å²) in [6.07, 6.45) is 6.32. The molecule has 1 aromatic heterocycles. The second-order valence-electron chi connectivity index (χ2n) is 8.65. The van der Waals surface area contributed by atoms with Gasteiger partial charge in [0, 0.05) is 43.9 Å². The minimum absolute atomic E-state index is 0.0223. The van der Waals surface area contributed by atoms with Crippen molar-refractivity contribution in [1.29, 1.82) is 0 Å². The third-order valence-corrected chi connectivity index (χ3v) is 6.28. The summed E-state index contributed by atoms with van der Waals surface area (Å²) in [5, 5.41) is 3.77. The molecule has 0 bridgehead atoms. The topological polar surface area (TPSA) is 82.0 Å². The highest BCUT2D eigenvalue weighted by Crippen LogP contribution is 2.28. The van der Waals surface area contributed by atoms with Crippen LogP contribution in [0.3, 0.4) is 0 Å². The highest BCUT2D eigenvalue weighted by atomic mass is 16.5. The Morgan fingerprint density at radius 3 is 2.51 bits per heavy atom. The van der Waals surface area contributed by atoms with E-state index in [2.05, 4.69) is 9.88 Å². The number of fused-ring (bicyclic) bond motifs is 1. The SMILES string of the molecule is COCCn1ccc2c(OCC(=O)Nc3cc(C(=O)N4CCCCCC4)ccc3OC)cccc21. The van der Waals surface area contributed by atoms with E-state index in [9.17, 15) is 9.59 Å². The molecular formula is C27H33N3O5. The molecule has 0 spiro atoms. The number of aromatic nitrogens is 1. The van der Waals surface area contributed by atoms with Crippen molar-refractivity contribution in [2.75, 3.05) is 45.8 Å². The summed E-state index contributed by atoms with van der Waals surface area (Å²) >= 11 is 0. The van der Waals surface area contributed by atoms with Crippen LogP contribution in [-0.2, 0) is 16.1 Å². The van der Waals surface area contributed by atoms with Crippen LogP contribution in [-0.4, -0.2) is 61.8 Å². The van der Waals surface area contributed by atoms with E-state index < -0.39 is 0 Å². The number of benzene rings is 2. The molecule has 1 aliphatic heterocycles. The fraction of sp³-hybridized carbons (Fsp3) is 0.407. The molecule has 186 valence electrons. The van der Waals surface area contributed by atoms with Gasteiger partial charge in [0.1, 0.15) is 11.5 Å². The molecule has 4 rings (SSSR count). The second kappa shape index (κ2) is 11.8. The lowest BCUT2D eigenvalue weighted by molar-refractivity contribution is -0.118. The van der Waals surface area contributed by atoms with E-state index in [0.717, 1.165) is 56.2 Å². The van der Waals surface area contributed by atoms with Gasteiger partial charge in [0.15, 0.2) is 6.61 Å². The van der Waals surface area contributed by atoms with Gasteiger partial charge >= 0.3 is 0 Å². The molecule has 0 aliphatic carbocycles. The smallest absolute Gasteiger partial charge is 0.262 e. The van der Waals surface area contributed by atoms with Gasteiger partial charge in [-0.3, -0.25) is 9.59 Å². The molecule has 0 radical (unpaired) electrons. The first-order valence-corrected chi connectivity index (χ1v) is 12.1. The van der Waals surface area contributed by atoms with Gasteiger partial charge in [-0.1, -0.05) is 18.9 Å². The molecule has 0 unspecified atom stereocenters. The first-order valence-electron chi connectivity index (χ1n) is 12.1. The standard InChI is InChI=1S/C27H33N3O5/c1-33-17-16-29-15-12-21-23(29)8-7-9-24(21)35-19-26(31)28-22-18-20(10-11-25(22)34-2)27(32)30-13-5-3-4-6-14-30/h7-12,15,18H,3-6,13-14,16-17,19H2,1-2H3,(H,28,31). The summed E-state index contributed by atoms with van der Waals surface area (Å²) in [6.45, 7) is 2.70. The van der Waals surface area contributed by atoms with Crippen molar-refractivity contribution < 1.29 is 23.8 Å². The Hall–Kier alpha value is -3.52. The zero-order chi connectivity index (χ0) is 24.6. The van der Waals surface area contributed by atoms with E-state index in [1.165, 1.54) is 7.11 Å². The van der Waals surface area contributed by atoms with Crippen LogP contribution in [0.1, 0.15) is 36.0 Å². The zero-order valence-electron chi connectivity index (χ0n) is 20.4. The monoisotopic (exact) mass is 479 g/mol.